The molecule has 0 radical (unpaired) electrons. The van der Waals surface area contributed by atoms with E-state index in [9.17, 15) is 5.26 Å². The highest BCUT2D eigenvalue weighted by Crippen LogP contribution is 2.44. The lowest BCUT2D eigenvalue weighted by molar-refractivity contribution is -0.643. The number of pyridine rings is 2. The highest BCUT2D eigenvalue weighted by atomic mass is 15.0. The molecule has 3 nitrogen and oxygen atoms in total. The Kier molecular flexibility index (Phi) is 3.69. The van der Waals surface area contributed by atoms with Gasteiger partial charge in [0.05, 0.1) is 39.0 Å². The van der Waals surface area contributed by atoms with E-state index in [1.165, 1.54) is 80.5 Å². The van der Waals surface area contributed by atoms with Crippen LogP contribution in [0.4, 0.5) is 0 Å². The summed E-state index contributed by atoms with van der Waals surface area (Å²) in [5.41, 5.74) is 9.75. The monoisotopic (exact) mass is 428 g/mol. The molecular formula is C30H26N3+. The highest BCUT2D eigenvalue weighted by Gasteiger charge is 2.27. The van der Waals surface area contributed by atoms with Gasteiger partial charge in [0.2, 0.25) is 5.52 Å². The number of nitriles is 1. The first-order valence-electron chi connectivity index (χ1n) is 12.0. The molecule has 0 spiro atoms. The van der Waals surface area contributed by atoms with Crippen molar-refractivity contribution in [2.75, 3.05) is 0 Å². The summed E-state index contributed by atoms with van der Waals surface area (Å²) in [6, 6.07) is 18.1. The third-order valence-electron chi connectivity index (χ3n) is 8.26. The molecule has 0 aliphatic heterocycles. The molecular weight excluding hydrogens is 402 g/mol. The van der Waals surface area contributed by atoms with Crippen LogP contribution in [0, 0.1) is 25.2 Å². The van der Waals surface area contributed by atoms with Crippen molar-refractivity contribution < 1.29 is 4.57 Å². The zero-order valence-corrected chi connectivity index (χ0v) is 19.4. The number of aromatic nitrogens is 2. The van der Waals surface area contributed by atoms with Crippen LogP contribution in [0.2, 0.25) is 0 Å². The third kappa shape index (κ3) is 2.31. The Balaban J connectivity index is 1.86. The second-order valence-corrected chi connectivity index (χ2v) is 10.00. The van der Waals surface area contributed by atoms with Crippen molar-refractivity contribution in [1.29, 1.82) is 5.26 Å². The number of hydrogen-bond acceptors (Lipinski definition) is 1. The van der Waals surface area contributed by atoms with Crippen LogP contribution in [0.5, 0.6) is 0 Å². The Labute approximate surface area is 192 Å². The molecule has 1 saturated carbocycles. The molecule has 33 heavy (non-hydrogen) atoms. The van der Waals surface area contributed by atoms with E-state index >= 15 is 0 Å². The van der Waals surface area contributed by atoms with Gasteiger partial charge < -0.3 is 4.40 Å². The normalized spacial score (nSPS) is 15.1. The SMILES string of the molecule is Cc1cc2c3c(C#N)cccc3n3c4cc(C5CCCC5)cc5cc[n+](C)c(c(c1C)c23)c54. The topological polar surface area (TPSA) is 32.1 Å². The molecule has 3 aromatic heterocycles. The fourth-order valence-corrected chi connectivity index (χ4v) is 6.56. The minimum absolute atomic E-state index is 0.649. The summed E-state index contributed by atoms with van der Waals surface area (Å²) in [7, 11) is 2.16. The first kappa shape index (κ1) is 18.9. The van der Waals surface area contributed by atoms with Crippen molar-refractivity contribution in [2.45, 2.75) is 45.4 Å². The highest BCUT2D eigenvalue weighted by molar-refractivity contribution is 6.26. The van der Waals surface area contributed by atoms with Gasteiger partial charge in [-0.15, -0.1) is 0 Å². The quantitative estimate of drug-likeness (QED) is 0.158. The number of nitrogens with zero attached hydrogens (tertiary/aromatic N) is 3. The van der Waals surface area contributed by atoms with Gasteiger partial charge in [-0.1, -0.05) is 25.0 Å². The van der Waals surface area contributed by atoms with Gasteiger partial charge in [-0.3, -0.25) is 0 Å². The summed E-state index contributed by atoms with van der Waals surface area (Å²) in [5.74, 6) is 0.649. The fraction of sp³-hybridized carbons (Fsp3) is 0.267. The van der Waals surface area contributed by atoms with Crippen molar-refractivity contribution in [3.8, 4) is 6.07 Å². The van der Waals surface area contributed by atoms with E-state index in [-0.39, 0.29) is 0 Å². The molecule has 1 aliphatic rings. The number of aryl methyl sites for hydroxylation is 3. The molecule has 0 amide bonds. The molecule has 0 N–H and O–H groups in total. The van der Waals surface area contributed by atoms with Crippen LogP contribution in [-0.4, -0.2) is 4.40 Å². The van der Waals surface area contributed by atoms with Crippen LogP contribution in [0.15, 0.2) is 48.7 Å². The van der Waals surface area contributed by atoms with Crippen LogP contribution in [0.25, 0.3) is 49.0 Å². The van der Waals surface area contributed by atoms with Gasteiger partial charge in [0.15, 0.2) is 6.20 Å². The molecule has 3 heteroatoms. The third-order valence-corrected chi connectivity index (χ3v) is 8.26. The van der Waals surface area contributed by atoms with Gasteiger partial charge in [-0.25, -0.2) is 4.57 Å². The molecule has 0 unspecified atom stereocenters. The minimum Gasteiger partial charge on any atom is -0.307 e. The van der Waals surface area contributed by atoms with Gasteiger partial charge >= 0.3 is 0 Å². The molecule has 0 saturated heterocycles. The van der Waals surface area contributed by atoms with E-state index in [1.54, 1.807) is 0 Å². The predicted octanol–water partition coefficient (Wildman–Crippen LogP) is 6.96. The minimum atomic E-state index is 0.649. The summed E-state index contributed by atoms with van der Waals surface area (Å²) in [5, 5.41) is 16.2. The molecule has 1 aliphatic carbocycles. The first-order valence-corrected chi connectivity index (χ1v) is 12.0. The molecule has 6 aromatic rings. The van der Waals surface area contributed by atoms with Crippen LogP contribution < -0.4 is 4.57 Å². The molecule has 1 fully saturated rings. The number of fused-ring (bicyclic) bond motifs is 5. The van der Waals surface area contributed by atoms with E-state index in [2.05, 4.69) is 72.5 Å². The lowest BCUT2D eigenvalue weighted by Gasteiger charge is -2.17. The van der Waals surface area contributed by atoms with Gasteiger partial charge in [-0.2, -0.15) is 5.26 Å². The van der Waals surface area contributed by atoms with Crippen LogP contribution >= 0.6 is 0 Å². The van der Waals surface area contributed by atoms with Crippen molar-refractivity contribution in [3.05, 3.63) is 70.9 Å². The molecule has 3 aromatic carbocycles. The lowest BCUT2D eigenvalue weighted by Crippen LogP contribution is -2.29. The number of hydrogen-bond donors (Lipinski definition) is 0. The van der Waals surface area contributed by atoms with Crippen LogP contribution in [-0.2, 0) is 7.05 Å². The second-order valence-electron chi connectivity index (χ2n) is 10.00. The van der Waals surface area contributed by atoms with Gasteiger partial charge in [0.1, 0.15) is 7.05 Å². The van der Waals surface area contributed by atoms with Gasteiger partial charge in [0, 0.05) is 16.8 Å². The fourth-order valence-electron chi connectivity index (χ4n) is 6.56. The maximum absolute atomic E-state index is 9.98. The maximum atomic E-state index is 9.98. The first-order chi connectivity index (χ1) is 16.1. The average molecular weight is 429 g/mol. The maximum Gasteiger partial charge on any atom is 0.224 e. The Morgan fingerprint density at radius 1 is 0.970 bits per heavy atom. The Hall–Kier alpha value is -3.64. The zero-order valence-electron chi connectivity index (χ0n) is 19.4. The molecule has 0 bridgehead atoms. The Morgan fingerprint density at radius 3 is 2.58 bits per heavy atom. The smallest absolute Gasteiger partial charge is 0.224 e. The summed E-state index contributed by atoms with van der Waals surface area (Å²) < 4.78 is 4.75. The van der Waals surface area contributed by atoms with E-state index in [0.29, 0.717) is 5.92 Å². The summed E-state index contributed by atoms with van der Waals surface area (Å²) >= 11 is 0. The van der Waals surface area contributed by atoms with Crippen molar-refractivity contribution in [3.63, 3.8) is 0 Å². The molecule has 3 heterocycles. The number of rotatable bonds is 1. The molecule has 7 rings (SSSR count). The van der Waals surface area contributed by atoms with Crippen LogP contribution in [0.3, 0.4) is 0 Å². The zero-order chi connectivity index (χ0) is 22.4. The van der Waals surface area contributed by atoms with E-state index in [4.69, 9.17) is 0 Å². The lowest BCUT2D eigenvalue weighted by atomic mass is 9.92. The predicted molar refractivity (Wildman–Crippen MR) is 135 cm³/mol. The number of benzene rings is 3. The summed E-state index contributed by atoms with van der Waals surface area (Å²) in [6.45, 7) is 4.44. The average Bonchev–Trinajstić information content (AvgIpc) is 3.47. The summed E-state index contributed by atoms with van der Waals surface area (Å²) in [6.07, 6.45) is 7.45. The van der Waals surface area contributed by atoms with Crippen molar-refractivity contribution in [2.24, 2.45) is 7.05 Å². The Bertz CT molecular complexity index is 1810. The standard InChI is InChI=1S/C30H26N3/c1-17-13-23-27-21(16-31)9-6-10-24(27)33-25-15-22(19-7-4-5-8-19)14-20-11-12-32(3)30(28(20)25)26(18(17)2)29(23)33/h6,9-15,19H,4-5,7-8H2,1-3H3/q+1. The van der Waals surface area contributed by atoms with Gasteiger partial charge in [-0.05, 0) is 78.9 Å². The largest absolute Gasteiger partial charge is 0.307 e. The second kappa shape index (κ2) is 6.45. The van der Waals surface area contributed by atoms with Crippen molar-refractivity contribution >= 4 is 49.0 Å². The molecule has 0 atom stereocenters. The Morgan fingerprint density at radius 2 is 1.79 bits per heavy atom. The molecule has 160 valence electrons. The summed E-state index contributed by atoms with van der Waals surface area (Å²) in [4.78, 5) is 0. The van der Waals surface area contributed by atoms with Crippen LogP contribution in [0.1, 0.15) is 53.9 Å². The van der Waals surface area contributed by atoms with E-state index in [1.807, 2.05) is 12.1 Å². The van der Waals surface area contributed by atoms with E-state index < -0.39 is 0 Å². The van der Waals surface area contributed by atoms with Gasteiger partial charge in [0.25, 0.3) is 0 Å². The van der Waals surface area contributed by atoms with E-state index in [0.717, 1.165) is 16.5 Å². The van der Waals surface area contributed by atoms with Crippen molar-refractivity contribution in [1.82, 2.24) is 4.40 Å².